The van der Waals surface area contributed by atoms with Gasteiger partial charge in [-0.3, -0.25) is 23.5 Å². The van der Waals surface area contributed by atoms with E-state index in [0.717, 1.165) is 10.1 Å². The Morgan fingerprint density at radius 3 is 2.57 bits per heavy atom. The van der Waals surface area contributed by atoms with Gasteiger partial charge in [-0.1, -0.05) is 18.2 Å². The van der Waals surface area contributed by atoms with Crippen LogP contribution in [0.2, 0.25) is 0 Å². The Kier molecular flexibility index (Phi) is 5.39. The molecule has 3 aromatic rings. The van der Waals surface area contributed by atoms with Crippen molar-refractivity contribution >= 4 is 11.6 Å². The van der Waals surface area contributed by atoms with Crippen molar-refractivity contribution in [1.82, 2.24) is 9.13 Å². The molecule has 0 fully saturated rings. The van der Waals surface area contributed by atoms with Crippen molar-refractivity contribution in [3.63, 3.8) is 0 Å². The Morgan fingerprint density at radius 1 is 1.11 bits per heavy atom. The number of nitrogens with zero attached hydrogens (tertiary/aromatic N) is 2. The topological polar surface area (TPSA) is 82.3 Å². The molecule has 0 radical (unpaired) electrons. The van der Waals surface area contributed by atoms with E-state index >= 15 is 0 Å². The summed E-state index contributed by atoms with van der Waals surface area (Å²) in [5.74, 6) is -0.787. The standard InChI is InChI=1S/C20H18FN3O4/c1-13-7-8-17(28-2)16(11-13)24-10-9-23(19(26)20(24)27)12-18(25)22-15-6-4-3-5-14(15)21/h3-11H,12H2,1-2H3,(H,22,25). The smallest absolute Gasteiger partial charge is 0.321 e. The van der Waals surface area contributed by atoms with Crippen LogP contribution in [0.25, 0.3) is 5.69 Å². The summed E-state index contributed by atoms with van der Waals surface area (Å²) < 4.78 is 21.0. The Labute approximate surface area is 159 Å². The summed E-state index contributed by atoms with van der Waals surface area (Å²) in [6.45, 7) is 1.43. The fourth-order valence-corrected chi connectivity index (χ4v) is 2.72. The van der Waals surface area contributed by atoms with Gasteiger partial charge in [0.15, 0.2) is 0 Å². The minimum Gasteiger partial charge on any atom is -0.495 e. The molecular formula is C20H18FN3O4. The second-order valence-electron chi connectivity index (χ2n) is 6.11. The molecule has 8 heteroatoms. The molecule has 1 heterocycles. The number of nitrogens with one attached hydrogen (secondary N) is 1. The molecule has 144 valence electrons. The Morgan fingerprint density at radius 2 is 1.86 bits per heavy atom. The van der Waals surface area contributed by atoms with Gasteiger partial charge in [0.05, 0.1) is 18.5 Å². The van der Waals surface area contributed by atoms with Crippen LogP contribution in [0.4, 0.5) is 10.1 Å². The molecule has 0 aliphatic carbocycles. The lowest BCUT2D eigenvalue weighted by Crippen LogP contribution is -2.41. The van der Waals surface area contributed by atoms with Crippen molar-refractivity contribution in [2.75, 3.05) is 12.4 Å². The molecule has 7 nitrogen and oxygen atoms in total. The molecule has 0 aliphatic rings. The highest BCUT2D eigenvalue weighted by Gasteiger charge is 2.13. The lowest BCUT2D eigenvalue weighted by molar-refractivity contribution is -0.116. The van der Waals surface area contributed by atoms with Gasteiger partial charge < -0.3 is 10.1 Å². The predicted octanol–water partition coefficient (Wildman–Crippen LogP) is 2.09. The van der Waals surface area contributed by atoms with Gasteiger partial charge in [0.1, 0.15) is 18.1 Å². The van der Waals surface area contributed by atoms with Crippen molar-refractivity contribution in [2.24, 2.45) is 0 Å². The Bertz CT molecular complexity index is 1150. The van der Waals surface area contributed by atoms with Gasteiger partial charge in [-0.15, -0.1) is 0 Å². The van der Waals surface area contributed by atoms with Gasteiger partial charge >= 0.3 is 11.1 Å². The molecule has 28 heavy (non-hydrogen) atoms. The number of aromatic nitrogens is 2. The highest BCUT2D eigenvalue weighted by Crippen LogP contribution is 2.22. The van der Waals surface area contributed by atoms with Crippen LogP contribution in [0, 0.1) is 12.7 Å². The van der Waals surface area contributed by atoms with Gasteiger partial charge in [-0.2, -0.15) is 0 Å². The quantitative estimate of drug-likeness (QED) is 0.684. The number of hydrogen-bond acceptors (Lipinski definition) is 4. The number of anilines is 1. The second-order valence-corrected chi connectivity index (χ2v) is 6.11. The molecule has 0 saturated heterocycles. The maximum absolute atomic E-state index is 13.6. The van der Waals surface area contributed by atoms with E-state index in [1.54, 1.807) is 18.2 Å². The zero-order chi connectivity index (χ0) is 20.3. The summed E-state index contributed by atoms with van der Waals surface area (Å²) in [5, 5.41) is 2.37. The molecule has 0 bridgehead atoms. The van der Waals surface area contributed by atoms with Crippen LogP contribution >= 0.6 is 0 Å². The van der Waals surface area contributed by atoms with Crippen molar-refractivity contribution in [3.05, 3.63) is 86.9 Å². The molecule has 0 saturated carbocycles. The summed E-state index contributed by atoms with van der Waals surface area (Å²) in [4.78, 5) is 37.1. The van der Waals surface area contributed by atoms with Gasteiger partial charge in [0, 0.05) is 12.4 Å². The molecule has 0 aliphatic heterocycles. The van der Waals surface area contributed by atoms with Crippen LogP contribution in [-0.4, -0.2) is 22.2 Å². The first kappa shape index (κ1) is 19.1. The number of benzene rings is 2. The summed E-state index contributed by atoms with van der Waals surface area (Å²) in [5.41, 5.74) is -0.401. The van der Waals surface area contributed by atoms with Crippen molar-refractivity contribution in [2.45, 2.75) is 13.5 Å². The van der Waals surface area contributed by atoms with Gasteiger partial charge in [-0.05, 0) is 36.8 Å². The van der Waals surface area contributed by atoms with E-state index in [-0.39, 0.29) is 5.69 Å². The monoisotopic (exact) mass is 383 g/mol. The van der Waals surface area contributed by atoms with Crippen LogP contribution in [0.15, 0.2) is 64.4 Å². The van der Waals surface area contributed by atoms with Crippen molar-refractivity contribution in [1.29, 1.82) is 0 Å². The number of carbonyl (C=O) groups excluding carboxylic acids is 1. The largest absolute Gasteiger partial charge is 0.495 e. The third-order valence-corrected chi connectivity index (χ3v) is 4.11. The number of para-hydroxylation sites is 1. The SMILES string of the molecule is COc1ccc(C)cc1-n1ccn(CC(=O)Nc2ccccc2F)c(=O)c1=O. The molecule has 1 aromatic heterocycles. The van der Waals surface area contributed by atoms with Crippen LogP contribution in [0.5, 0.6) is 5.75 Å². The highest BCUT2D eigenvalue weighted by atomic mass is 19.1. The average molecular weight is 383 g/mol. The maximum Gasteiger partial charge on any atom is 0.321 e. The molecule has 0 spiro atoms. The van der Waals surface area contributed by atoms with E-state index in [9.17, 15) is 18.8 Å². The normalized spacial score (nSPS) is 10.5. The molecule has 2 aromatic carbocycles. The Balaban J connectivity index is 1.90. The molecule has 0 atom stereocenters. The van der Waals surface area contributed by atoms with Crippen molar-refractivity contribution < 1.29 is 13.9 Å². The number of halogens is 1. The third kappa shape index (κ3) is 3.85. The molecule has 3 rings (SSSR count). The average Bonchev–Trinajstić information content (AvgIpc) is 2.67. The minimum atomic E-state index is -0.880. The van der Waals surface area contributed by atoms with E-state index in [4.69, 9.17) is 4.74 Å². The lowest BCUT2D eigenvalue weighted by Gasteiger charge is -2.13. The molecule has 0 unspecified atom stereocenters. The maximum atomic E-state index is 13.6. The van der Waals surface area contributed by atoms with E-state index in [0.29, 0.717) is 11.4 Å². The third-order valence-electron chi connectivity index (χ3n) is 4.11. The highest BCUT2D eigenvalue weighted by molar-refractivity contribution is 5.90. The first-order chi connectivity index (χ1) is 13.4. The zero-order valence-electron chi connectivity index (χ0n) is 15.3. The molecular weight excluding hydrogens is 365 g/mol. The summed E-state index contributed by atoms with van der Waals surface area (Å²) >= 11 is 0. The first-order valence-corrected chi connectivity index (χ1v) is 8.42. The van der Waals surface area contributed by atoms with Crippen LogP contribution in [0.3, 0.4) is 0 Å². The van der Waals surface area contributed by atoms with Crippen molar-refractivity contribution in [3.8, 4) is 11.4 Å². The lowest BCUT2D eigenvalue weighted by atomic mass is 10.2. The van der Waals surface area contributed by atoms with E-state index < -0.39 is 29.4 Å². The number of ether oxygens (including phenoxy) is 1. The zero-order valence-corrected chi connectivity index (χ0v) is 15.3. The fourth-order valence-electron chi connectivity index (χ4n) is 2.72. The van der Waals surface area contributed by atoms with E-state index in [1.165, 1.54) is 42.3 Å². The van der Waals surface area contributed by atoms with Crippen LogP contribution in [0.1, 0.15) is 5.56 Å². The van der Waals surface area contributed by atoms with Gasteiger partial charge in [0.25, 0.3) is 0 Å². The second kappa shape index (κ2) is 7.91. The summed E-state index contributed by atoms with van der Waals surface area (Å²) in [6, 6.07) is 10.9. The minimum absolute atomic E-state index is 0.00149. The predicted molar refractivity (Wildman–Crippen MR) is 103 cm³/mol. The fraction of sp³-hybridized carbons (Fsp3) is 0.150. The number of carbonyl (C=O) groups is 1. The Hall–Kier alpha value is -3.68. The number of rotatable bonds is 5. The number of aryl methyl sites for hydroxylation is 1. The molecule has 1 N–H and O–H groups in total. The van der Waals surface area contributed by atoms with Gasteiger partial charge in [0.2, 0.25) is 5.91 Å². The van der Waals surface area contributed by atoms with Crippen LogP contribution < -0.4 is 21.2 Å². The number of amides is 1. The van der Waals surface area contributed by atoms with Gasteiger partial charge in [-0.25, -0.2) is 4.39 Å². The van der Waals surface area contributed by atoms with Crippen LogP contribution in [-0.2, 0) is 11.3 Å². The van der Waals surface area contributed by atoms with E-state index in [1.807, 2.05) is 13.0 Å². The summed E-state index contributed by atoms with van der Waals surface area (Å²) in [6.07, 6.45) is 2.71. The number of methoxy groups -OCH3 is 1. The first-order valence-electron chi connectivity index (χ1n) is 8.42. The number of hydrogen-bond donors (Lipinski definition) is 1. The van der Waals surface area contributed by atoms with E-state index in [2.05, 4.69) is 5.32 Å². The molecule has 1 amide bonds. The summed E-state index contributed by atoms with van der Waals surface area (Å²) in [7, 11) is 1.47.